The number of fused-ring (bicyclic) bond motifs is 1. The second kappa shape index (κ2) is 8.07. The van der Waals surface area contributed by atoms with Crippen LogP contribution in [-0.4, -0.2) is 49.1 Å². The van der Waals surface area contributed by atoms with Crippen LogP contribution in [-0.2, 0) is 17.1 Å². The second-order valence-corrected chi connectivity index (χ2v) is 9.03. The van der Waals surface area contributed by atoms with E-state index in [9.17, 15) is 13.2 Å². The van der Waals surface area contributed by atoms with E-state index in [0.717, 1.165) is 37.4 Å². The molecular weight excluding hydrogens is 408 g/mol. The van der Waals surface area contributed by atoms with Crippen LogP contribution >= 0.6 is 0 Å². The highest BCUT2D eigenvalue weighted by molar-refractivity contribution is 7.89. The fourth-order valence-corrected chi connectivity index (χ4v) is 4.51. The van der Waals surface area contributed by atoms with Gasteiger partial charge in [0.15, 0.2) is 5.58 Å². The van der Waals surface area contributed by atoms with Crippen molar-refractivity contribution in [2.75, 3.05) is 36.4 Å². The molecule has 11 heteroatoms. The SMILES string of the molecule is Cc1cc(N2CCCC2)nc(NCCNS(=O)(=O)c2ccc3oc(=O)n(C)c3c2)n1. The van der Waals surface area contributed by atoms with Gasteiger partial charge >= 0.3 is 5.76 Å². The third kappa shape index (κ3) is 4.17. The molecule has 0 spiro atoms. The van der Waals surface area contributed by atoms with Crippen molar-refractivity contribution >= 4 is 32.9 Å². The third-order valence-electron chi connectivity index (χ3n) is 5.04. The van der Waals surface area contributed by atoms with Gasteiger partial charge in [-0.2, -0.15) is 4.98 Å². The summed E-state index contributed by atoms with van der Waals surface area (Å²) in [6.07, 6.45) is 2.32. The molecule has 0 radical (unpaired) electrons. The topological polar surface area (TPSA) is 122 Å². The predicted molar refractivity (Wildman–Crippen MR) is 113 cm³/mol. The Hall–Kier alpha value is -2.92. The number of nitrogens with zero attached hydrogens (tertiary/aromatic N) is 4. The maximum atomic E-state index is 12.6. The molecule has 0 bridgehead atoms. The van der Waals surface area contributed by atoms with Gasteiger partial charge in [0, 0.05) is 45.0 Å². The quantitative estimate of drug-likeness (QED) is 0.535. The van der Waals surface area contributed by atoms with E-state index in [2.05, 4.69) is 24.9 Å². The zero-order valence-corrected chi connectivity index (χ0v) is 17.7. The molecule has 2 N–H and O–H groups in total. The van der Waals surface area contributed by atoms with Crippen LogP contribution in [0.5, 0.6) is 0 Å². The second-order valence-electron chi connectivity index (χ2n) is 7.27. The number of benzene rings is 1. The average molecular weight is 433 g/mol. The van der Waals surface area contributed by atoms with Crippen molar-refractivity contribution in [1.29, 1.82) is 0 Å². The van der Waals surface area contributed by atoms with Gasteiger partial charge in [-0.3, -0.25) is 4.57 Å². The number of hydrogen-bond donors (Lipinski definition) is 2. The van der Waals surface area contributed by atoms with Crippen molar-refractivity contribution in [1.82, 2.24) is 19.3 Å². The zero-order valence-electron chi connectivity index (χ0n) is 16.9. The number of rotatable bonds is 7. The highest BCUT2D eigenvalue weighted by Crippen LogP contribution is 2.20. The van der Waals surface area contributed by atoms with E-state index in [1.165, 1.54) is 29.8 Å². The molecule has 0 aliphatic carbocycles. The first kappa shape index (κ1) is 20.4. The van der Waals surface area contributed by atoms with E-state index in [1.807, 2.05) is 13.0 Å². The molecule has 1 aliphatic rings. The van der Waals surface area contributed by atoms with E-state index in [0.29, 0.717) is 23.6 Å². The van der Waals surface area contributed by atoms with Gasteiger partial charge in [-0.1, -0.05) is 0 Å². The summed E-state index contributed by atoms with van der Waals surface area (Å²) in [5, 5.41) is 3.08. The first-order valence-electron chi connectivity index (χ1n) is 9.77. The van der Waals surface area contributed by atoms with Gasteiger partial charge in [0.05, 0.1) is 10.4 Å². The van der Waals surface area contributed by atoms with Gasteiger partial charge in [-0.05, 0) is 38.0 Å². The van der Waals surface area contributed by atoms with E-state index in [1.54, 1.807) is 0 Å². The van der Waals surface area contributed by atoms with Crippen LogP contribution in [0.3, 0.4) is 0 Å². The standard InChI is InChI=1S/C19H24N6O4S/c1-13-11-17(25-9-3-4-10-25)23-18(22-13)20-7-8-21-30(27,28)14-5-6-16-15(12-14)24(2)19(26)29-16/h5-6,11-12,21H,3-4,7-10H2,1-2H3,(H,20,22,23). The lowest BCUT2D eigenvalue weighted by atomic mass is 10.3. The van der Waals surface area contributed by atoms with Crippen LogP contribution < -0.4 is 20.7 Å². The van der Waals surface area contributed by atoms with Crippen molar-refractivity contribution in [2.45, 2.75) is 24.7 Å². The molecule has 1 saturated heterocycles. The Balaban J connectivity index is 1.39. The van der Waals surface area contributed by atoms with Crippen LogP contribution in [0.2, 0.25) is 0 Å². The van der Waals surface area contributed by atoms with Gasteiger partial charge in [0.1, 0.15) is 5.82 Å². The van der Waals surface area contributed by atoms with Gasteiger partial charge in [-0.25, -0.2) is 22.9 Å². The fourth-order valence-electron chi connectivity index (χ4n) is 3.46. The molecular formula is C19H24N6O4S. The van der Waals surface area contributed by atoms with Gasteiger partial charge in [-0.15, -0.1) is 0 Å². The molecule has 10 nitrogen and oxygen atoms in total. The number of hydrogen-bond acceptors (Lipinski definition) is 8. The summed E-state index contributed by atoms with van der Waals surface area (Å²) in [7, 11) is -2.21. The number of aromatic nitrogens is 3. The van der Waals surface area contributed by atoms with Gasteiger partial charge in [0.2, 0.25) is 16.0 Å². The minimum atomic E-state index is -3.74. The van der Waals surface area contributed by atoms with Crippen LogP contribution in [0.15, 0.2) is 38.4 Å². The molecule has 0 unspecified atom stereocenters. The number of nitrogens with one attached hydrogen (secondary N) is 2. The van der Waals surface area contributed by atoms with Crippen LogP contribution in [0.25, 0.3) is 11.1 Å². The Morgan fingerprint density at radius 2 is 1.90 bits per heavy atom. The molecule has 4 rings (SSSR count). The molecule has 3 aromatic rings. The zero-order chi connectivity index (χ0) is 21.3. The molecule has 0 saturated carbocycles. The molecule has 160 valence electrons. The third-order valence-corrected chi connectivity index (χ3v) is 6.50. The van der Waals surface area contributed by atoms with Gasteiger partial charge in [0.25, 0.3) is 0 Å². The van der Waals surface area contributed by atoms with E-state index < -0.39 is 15.8 Å². The summed E-state index contributed by atoms with van der Waals surface area (Å²) in [6.45, 7) is 4.37. The summed E-state index contributed by atoms with van der Waals surface area (Å²) in [6, 6.07) is 6.26. The average Bonchev–Trinajstić information content (AvgIpc) is 3.34. The Morgan fingerprint density at radius 1 is 1.13 bits per heavy atom. The van der Waals surface area contributed by atoms with Crippen molar-refractivity contribution in [3.05, 3.63) is 40.5 Å². The van der Waals surface area contributed by atoms with Crippen molar-refractivity contribution in [3.63, 3.8) is 0 Å². The number of anilines is 2. The molecule has 1 aliphatic heterocycles. The maximum Gasteiger partial charge on any atom is 0.419 e. The smallest absolute Gasteiger partial charge is 0.408 e. The Morgan fingerprint density at radius 3 is 2.67 bits per heavy atom. The molecule has 1 aromatic carbocycles. The fraction of sp³-hybridized carbons (Fsp3) is 0.421. The number of aryl methyl sites for hydroxylation is 2. The highest BCUT2D eigenvalue weighted by atomic mass is 32.2. The Bertz CT molecular complexity index is 1230. The Kier molecular flexibility index (Phi) is 5.48. The van der Waals surface area contributed by atoms with Crippen molar-refractivity contribution < 1.29 is 12.8 Å². The minimum Gasteiger partial charge on any atom is -0.408 e. The lowest BCUT2D eigenvalue weighted by molar-refractivity contribution is 0.528. The van der Waals surface area contributed by atoms with E-state index >= 15 is 0 Å². The lowest BCUT2D eigenvalue weighted by Gasteiger charge is -2.17. The summed E-state index contributed by atoms with van der Waals surface area (Å²) in [4.78, 5) is 22.8. The molecule has 0 amide bonds. The van der Waals surface area contributed by atoms with E-state index in [-0.39, 0.29) is 11.4 Å². The predicted octanol–water partition coefficient (Wildman–Crippen LogP) is 1.22. The number of oxazole rings is 1. The van der Waals surface area contributed by atoms with E-state index in [4.69, 9.17) is 4.42 Å². The van der Waals surface area contributed by atoms with Crippen molar-refractivity contribution in [3.8, 4) is 0 Å². The monoisotopic (exact) mass is 432 g/mol. The summed E-state index contributed by atoms with van der Waals surface area (Å²) in [5.41, 5.74) is 1.62. The first-order chi connectivity index (χ1) is 14.3. The maximum absolute atomic E-state index is 12.6. The molecule has 2 aromatic heterocycles. The first-order valence-corrected chi connectivity index (χ1v) is 11.3. The summed E-state index contributed by atoms with van der Waals surface area (Å²) < 4.78 is 34.0. The molecule has 30 heavy (non-hydrogen) atoms. The molecule has 0 atom stereocenters. The normalized spacial score (nSPS) is 14.5. The Labute approximate surface area is 174 Å². The summed E-state index contributed by atoms with van der Waals surface area (Å²) in [5.74, 6) is 0.830. The van der Waals surface area contributed by atoms with Gasteiger partial charge < -0.3 is 14.6 Å². The van der Waals surface area contributed by atoms with Crippen LogP contribution in [0.4, 0.5) is 11.8 Å². The number of sulfonamides is 1. The van der Waals surface area contributed by atoms with Crippen LogP contribution in [0, 0.1) is 6.92 Å². The molecule has 3 heterocycles. The largest absolute Gasteiger partial charge is 0.419 e. The minimum absolute atomic E-state index is 0.0644. The summed E-state index contributed by atoms with van der Waals surface area (Å²) >= 11 is 0. The molecule has 1 fully saturated rings. The highest BCUT2D eigenvalue weighted by Gasteiger charge is 2.17. The van der Waals surface area contributed by atoms with Crippen LogP contribution in [0.1, 0.15) is 18.5 Å². The van der Waals surface area contributed by atoms with Crippen molar-refractivity contribution in [2.24, 2.45) is 7.05 Å². The lowest BCUT2D eigenvalue weighted by Crippen LogP contribution is -2.29.